The number of carbonyl (C=O) groups is 1. The third kappa shape index (κ3) is 3.90. The number of hydrogen-bond donors (Lipinski definition) is 1. The maximum absolute atomic E-state index is 12.7. The molecule has 7 heteroatoms. The van der Waals surface area contributed by atoms with Crippen LogP contribution in [0.25, 0.3) is 0 Å². The van der Waals surface area contributed by atoms with Crippen molar-refractivity contribution in [3.8, 4) is 0 Å². The lowest BCUT2D eigenvalue weighted by Gasteiger charge is -2.14. The first-order valence-corrected chi connectivity index (χ1v) is 9.23. The molecule has 0 fully saturated rings. The first-order chi connectivity index (χ1) is 12.8. The fourth-order valence-electron chi connectivity index (χ4n) is 3.11. The number of hydrogen-bond acceptors (Lipinski definition) is 3. The van der Waals surface area contributed by atoms with Crippen molar-refractivity contribution >= 4 is 17.5 Å². The third-order valence-electron chi connectivity index (χ3n) is 4.90. The van der Waals surface area contributed by atoms with Crippen molar-refractivity contribution in [1.82, 2.24) is 24.9 Å². The molecule has 1 aromatic carbocycles. The van der Waals surface area contributed by atoms with Gasteiger partial charge in [0.2, 0.25) is 0 Å². The van der Waals surface area contributed by atoms with Gasteiger partial charge in [0.05, 0.1) is 35.2 Å². The molecule has 3 aromatic rings. The van der Waals surface area contributed by atoms with Gasteiger partial charge >= 0.3 is 0 Å². The van der Waals surface area contributed by atoms with E-state index in [0.29, 0.717) is 17.1 Å². The minimum Gasteiger partial charge on any atom is -0.345 e. The Labute approximate surface area is 164 Å². The summed E-state index contributed by atoms with van der Waals surface area (Å²) in [4.78, 5) is 12.7. The highest BCUT2D eigenvalue weighted by atomic mass is 35.5. The van der Waals surface area contributed by atoms with Gasteiger partial charge in [-0.1, -0.05) is 23.7 Å². The molecular weight excluding hydrogens is 362 g/mol. The van der Waals surface area contributed by atoms with Crippen molar-refractivity contribution in [2.24, 2.45) is 7.05 Å². The van der Waals surface area contributed by atoms with Gasteiger partial charge in [0.25, 0.3) is 5.91 Å². The molecule has 0 radical (unpaired) electrons. The van der Waals surface area contributed by atoms with Crippen LogP contribution in [0, 0.1) is 20.8 Å². The highest BCUT2D eigenvalue weighted by Gasteiger charge is 2.16. The van der Waals surface area contributed by atoms with Crippen LogP contribution >= 0.6 is 11.6 Å². The van der Waals surface area contributed by atoms with Gasteiger partial charge in [0, 0.05) is 23.9 Å². The van der Waals surface area contributed by atoms with E-state index in [-0.39, 0.29) is 11.9 Å². The van der Waals surface area contributed by atoms with Crippen LogP contribution in [0.3, 0.4) is 0 Å². The van der Waals surface area contributed by atoms with Gasteiger partial charge in [-0.3, -0.25) is 14.2 Å². The van der Waals surface area contributed by atoms with Crippen LogP contribution in [-0.4, -0.2) is 25.5 Å². The van der Waals surface area contributed by atoms with E-state index in [1.54, 1.807) is 10.9 Å². The number of aromatic nitrogens is 4. The molecule has 0 saturated heterocycles. The summed E-state index contributed by atoms with van der Waals surface area (Å²) in [7, 11) is 1.89. The number of nitrogens with one attached hydrogen (secondary N) is 1. The highest BCUT2D eigenvalue weighted by Crippen LogP contribution is 2.20. The van der Waals surface area contributed by atoms with E-state index in [9.17, 15) is 4.79 Å². The van der Waals surface area contributed by atoms with Gasteiger partial charge in [-0.15, -0.1) is 0 Å². The van der Waals surface area contributed by atoms with Gasteiger partial charge in [-0.2, -0.15) is 10.2 Å². The van der Waals surface area contributed by atoms with Gasteiger partial charge < -0.3 is 5.32 Å². The Balaban J connectivity index is 1.75. The summed E-state index contributed by atoms with van der Waals surface area (Å²) in [6, 6.07) is 7.45. The molecule has 0 aliphatic heterocycles. The summed E-state index contributed by atoms with van der Waals surface area (Å²) in [6.45, 7) is 8.35. The molecule has 0 bridgehead atoms. The molecule has 0 spiro atoms. The van der Waals surface area contributed by atoms with Gasteiger partial charge in [0.15, 0.2) is 0 Å². The molecule has 0 aliphatic rings. The smallest absolute Gasteiger partial charge is 0.251 e. The molecule has 0 aliphatic carbocycles. The summed E-state index contributed by atoms with van der Waals surface area (Å²) >= 11 is 6.22. The Bertz CT molecular complexity index is 988. The van der Waals surface area contributed by atoms with Crippen LogP contribution < -0.4 is 5.32 Å². The Morgan fingerprint density at radius 1 is 1.26 bits per heavy atom. The average Bonchev–Trinajstić information content (AvgIpc) is 3.09. The van der Waals surface area contributed by atoms with Crippen LogP contribution in [0.4, 0.5) is 0 Å². The average molecular weight is 386 g/mol. The Hall–Kier alpha value is -2.60. The standard InChI is InChI=1S/C20H24ClN5O/c1-12(18-10-22-25(5)14(18)3)23-20(27)17-8-6-7-16(9-17)11-26-15(4)19(21)13(2)24-26/h6-10,12H,11H2,1-5H3,(H,23,27). The zero-order valence-corrected chi connectivity index (χ0v) is 17.0. The second-order valence-corrected chi connectivity index (χ2v) is 7.22. The molecule has 1 N–H and O–H groups in total. The molecular formula is C20H24ClN5O. The monoisotopic (exact) mass is 385 g/mol. The molecule has 0 saturated carbocycles. The SMILES string of the molecule is Cc1nn(Cc2cccc(C(=O)NC(C)c3cnn(C)c3C)c2)c(C)c1Cl. The summed E-state index contributed by atoms with van der Waals surface area (Å²) in [5.41, 5.74) is 5.40. The van der Waals surface area contributed by atoms with Gasteiger partial charge in [-0.05, 0) is 45.4 Å². The predicted molar refractivity (Wildman–Crippen MR) is 106 cm³/mol. The molecule has 2 aromatic heterocycles. The second kappa shape index (κ2) is 7.56. The number of halogens is 1. The largest absolute Gasteiger partial charge is 0.345 e. The lowest BCUT2D eigenvalue weighted by atomic mass is 10.1. The van der Waals surface area contributed by atoms with Crippen molar-refractivity contribution in [1.29, 1.82) is 0 Å². The van der Waals surface area contributed by atoms with Crippen LogP contribution in [-0.2, 0) is 13.6 Å². The number of carbonyl (C=O) groups excluding carboxylic acids is 1. The van der Waals surface area contributed by atoms with E-state index in [2.05, 4.69) is 15.5 Å². The Kier molecular flexibility index (Phi) is 5.37. The van der Waals surface area contributed by atoms with E-state index in [1.807, 2.05) is 63.7 Å². The lowest BCUT2D eigenvalue weighted by Crippen LogP contribution is -2.27. The van der Waals surface area contributed by atoms with Crippen molar-refractivity contribution < 1.29 is 4.79 Å². The van der Waals surface area contributed by atoms with Crippen molar-refractivity contribution in [2.75, 3.05) is 0 Å². The second-order valence-electron chi connectivity index (χ2n) is 6.85. The van der Waals surface area contributed by atoms with Crippen molar-refractivity contribution in [2.45, 2.75) is 40.3 Å². The maximum Gasteiger partial charge on any atom is 0.251 e. The van der Waals surface area contributed by atoms with Crippen LogP contribution in [0.5, 0.6) is 0 Å². The van der Waals surface area contributed by atoms with E-state index in [0.717, 1.165) is 28.2 Å². The van der Waals surface area contributed by atoms with Crippen molar-refractivity contribution in [3.05, 3.63) is 69.3 Å². The topological polar surface area (TPSA) is 64.7 Å². The van der Waals surface area contributed by atoms with E-state index in [4.69, 9.17) is 11.6 Å². The number of benzene rings is 1. The van der Waals surface area contributed by atoms with E-state index < -0.39 is 0 Å². The molecule has 1 unspecified atom stereocenters. The molecule has 1 amide bonds. The Morgan fingerprint density at radius 3 is 2.59 bits per heavy atom. The van der Waals surface area contributed by atoms with Gasteiger partial charge in [0.1, 0.15) is 0 Å². The molecule has 27 heavy (non-hydrogen) atoms. The third-order valence-corrected chi connectivity index (χ3v) is 5.45. The number of rotatable bonds is 5. The molecule has 2 heterocycles. The number of amides is 1. The lowest BCUT2D eigenvalue weighted by molar-refractivity contribution is 0.0939. The van der Waals surface area contributed by atoms with Gasteiger partial charge in [-0.25, -0.2) is 0 Å². The van der Waals surface area contributed by atoms with Crippen LogP contribution in [0.2, 0.25) is 5.02 Å². The summed E-state index contributed by atoms with van der Waals surface area (Å²) in [5.74, 6) is -0.112. The minimum atomic E-state index is -0.121. The predicted octanol–water partition coefficient (Wildman–Crippen LogP) is 3.73. The zero-order valence-electron chi connectivity index (χ0n) is 16.2. The van der Waals surface area contributed by atoms with Crippen molar-refractivity contribution in [3.63, 3.8) is 0 Å². The van der Waals surface area contributed by atoms with Crippen LogP contribution in [0.1, 0.15) is 51.5 Å². The van der Waals surface area contributed by atoms with E-state index in [1.165, 1.54) is 0 Å². The fourth-order valence-corrected chi connectivity index (χ4v) is 3.25. The van der Waals surface area contributed by atoms with E-state index >= 15 is 0 Å². The molecule has 3 rings (SSSR count). The Morgan fingerprint density at radius 2 is 2.00 bits per heavy atom. The fraction of sp³-hybridized carbons (Fsp3) is 0.350. The zero-order chi connectivity index (χ0) is 19.7. The normalized spacial score (nSPS) is 12.2. The minimum absolute atomic E-state index is 0.112. The first-order valence-electron chi connectivity index (χ1n) is 8.85. The molecule has 142 valence electrons. The number of nitrogens with zero attached hydrogens (tertiary/aromatic N) is 4. The van der Waals surface area contributed by atoms with Crippen LogP contribution in [0.15, 0.2) is 30.5 Å². The molecule has 6 nitrogen and oxygen atoms in total. The summed E-state index contributed by atoms with van der Waals surface area (Å²) in [6.07, 6.45) is 1.79. The quantitative estimate of drug-likeness (QED) is 0.727. The summed E-state index contributed by atoms with van der Waals surface area (Å²) in [5, 5.41) is 12.4. The first kappa shape index (κ1) is 19.2. The summed E-state index contributed by atoms with van der Waals surface area (Å²) < 4.78 is 3.66. The molecule has 1 atom stereocenters. The number of aryl methyl sites for hydroxylation is 2. The highest BCUT2D eigenvalue weighted by molar-refractivity contribution is 6.31. The maximum atomic E-state index is 12.7.